The first kappa shape index (κ1) is 12.0. The minimum Gasteiger partial charge on any atom is -0.271 e. The van der Waals surface area contributed by atoms with E-state index in [0.717, 1.165) is 0 Å². The number of nitrogens with one attached hydrogen (secondary N) is 1. The molecule has 0 bridgehead atoms. The number of rotatable bonds is 2. The van der Waals surface area contributed by atoms with Gasteiger partial charge in [0.2, 0.25) is 0 Å². The van der Waals surface area contributed by atoms with Gasteiger partial charge in [0, 0.05) is 6.07 Å². The van der Waals surface area contributed by atoms with E-state index in [1.807, 2.05) is 0 Å². The lowest BCUT2D eigenvalue weighted by atomic mass is 10.2. The third-order valence-corrected chi connectivity index (χ3v) is 1.61. The van der Waals surface area contributed by atoms with E-state index in [1.165, 1.54) is 6.92 Å². The molecule has 0 heterocycles. The standard InChI is InChI=1S/C9H5F4N3/c1-4(3-14)15-16-9-7(12)5(10)2-6(11)8(9)13/h2,16H,1H3. The molecule has 0 saturated heterocycles. The molecule has 0 amide bonds. The summed E-state index contributed by atoms with van der Waals surface area (Å²) in [4.78, 5) is 0. The largest absolute Gasteiger partial charge is 0.271 e. The zero-order valence-electron chi connectivity index (χ0n) is 7.98. The second kappa shape index (κ2) is 4.61. The van der Waals surface area contributed by atoms with Gasteiger partial charge in [-0.2, -0.15) is 10.4 Å². The highest BCUT2D eigenvalue weighted by molar-refractivity contribution is 5.96. The molecule has 0 saturated carbocycles. The Bertz CT molecular complexity index is 464. The van der Waals surface area contributed by atoms with Gasteiger partial charge in [-0.1, -0.05) is 0 Å². The molecule has 16 heavy (non-hydrogen) atoms. The maximum Gasteiger partial charge on any atom is 0.186 e. The summed E-state index contributed by atoms with van der Waals surface area (Å²) in [6.07, 6.45) is 0. The summed E-state index contributed by atoms with van der Waals surface area (Å²) >= 11 is 0. The number of benzene rings is 1. The molecule has 0 radical (unpaired) electrons. The Morgan fingerprint density at radius 2 is 1.75 bits per heavy atom. The summed E-state index contributed by atoms with van der Waals surface area (Å²) in [7, 11) is 0. The second-order valence-corrected chi connectivity index (χ2v) is 2.76. The molecular weight excluding hydrogens is 226 g/mol. The maximum absolute atomic E-state index is 13.0. The van der Waals surface area contributed by atoms with Gasteiger partial charge in [-0.3, -0.25) is 5.43 Å². The van der Waals surface area contributed by atoms with E-state index in [-0.39, 0.29) is 11.8 Å². The maximum atomic E-state index is 13.0. The molecule has 0 fully saturated rings. The van der Waals surface area contributed by atoms with Gasteiger partial charge in [0.05, 0.1) is 0 Å². The van der Waals surface area contributed by atoms with E-state index in [1.54, 1.807) is 11.5 Å². The van der Waals surface area contributed by atoms with Crippen molar-refractivity contribution < 1.29 is 17.6 Å². The number of anilines is 1. The Morgan fingerprint density at radius 3 is 2.19 bits per heavy atom. The highest BCUT2D eigenvalue weighted by Crippen LogP contribution is 2.23. The Morgan fingerprint density at radius 1 is 1.25 bits per heavy atom. The predicted octanol–water partition coefficient (Wildman–Crippen LogP) is 2.55. The molecule has 1 N–H and O–H groups in total. The zero-order valence-corrected chi connectivity index (χ0v) is 7.98. The van der Waals surface area contributed by atoms with Crippen LogP contribution in [0.25, 0.3) is 0 Å². The van der Waals surface area contributed by atoms with Crippen molar-refractivity contribution in [1.82, 2.24) is 0 Å². The van der Waals surface area contributed by atoms with Crippen LogP contribution in [0.3, 0.4) is 0 Å². The normalized spacial score (nSPS) is 11.1. The lowest BCUT2D eigenvalue weighted by Crippen LogP contribution is -2.04. The first-order valence-electron chi connectivity index (χ1n) is 4.00. The number of hydrogen-bond acceptors (Lipinski definition) is 3. The van der Waals surface area contributed by atoms with E-state index >= 15 is 0 Å². The molecule has 0 aliphatic heterocycles. The van der Waals surface area contributed by atoms with Crippen LogP contribution in [0, 0.1) is 34.6 Å². The molecule has 0 aromatic heterocycles. The van der Waals surface area contributed by atoms with Crippen molar-refractivity contribution in [3.05, 3.63) is 29.3 Å². The number of hydrogen-bond donors (Lipinski definition) is 1. The van der Waals surface area contributed by atoms with Gasteiger partial charge in [0.15, 0.2) is 23.3 Å². The monoisotopic (exact) mass is 231 g/mol. The van der Waals surface area contributed by atoms with Gasteiger partial charge in [0.1, 0.15) is 17.5 Å². The zero-order chi connectivity index (χ0) is 12.3. The van der Waals surface area contributed by atoms with Crippen molar-refractivity contribution in [3.8, 4) is 6.07 Å². The first-order valence-corrected chi connectivity index (χ1v) is 4.00. The molecule has 0 spiro atoms. The van der Waals surface area contributed by atoms with Gasteiger partial charge in [0.25, 0.3) is 0 Å². The number of halogens is 4. The van der Waals surface area contributed by atoms with Crippen LogP contribution in [0.4, 0.5) is 23.2 Å². The second-order valence-electron chi connectivity index (χ2n) is 2.76. The fraction of sp³-hybridized carbons (Fsp3) is 0.111. The number of nitrogens with zero attached hydrogens (tertiary/aromatic N) is 2. The average Bonchev–Trinajstić information content (AvgIpc) is 2.26. The molecule has 3 nitrogen and oxygen atoms in total. The van der Waals surface area contributed by atoms with Gasteiger partial charge >= 0.3 is 0 Å². The summed E-state index contributed by atoms with van der Waals surface area (Å²) < 4.78 is 51.4. The number of hydrazone groups is 1. The van der Waals surface area contributed by atoms with E-state index in [9.17, 15) is 17.6 Å². The molecule has 84 valence electrons. The fourth-order valence-electron chi connectivity index (χ4n) is 0.836. The van der Waals surface area contributed by atoms with Crippen LogP contribution in [0.5, 0.6) is 0 Å². The van der Waals surface area contributed by atoms with Crippen LogP contribution < -0.4 is 5.43 Å². The molecule has 1 aromatic rings. The highest BCUT2D eigenvalue weighted by atomic mass is 19.2. The average molecular weight is 231 g/mol. The molecule has 0 aliphatic rings. The molecule has 7 heteroatoms. The first-order chi connectivity index (χ1) is 7.47. The van der Waals surface area contributed by atoms with Crippen LogP contribution in [0.1, 0.15) is 6.92 Å². The van der Waals surface area contributed by atoms with E-state index in [4.69, 9.17) is 5.26 Å². The summed E-state index contributed by atoms with van der Waals surface area (Å²) in [5, 5.41) is 11.5. The minimum atomic E-state index is -1.60. The van der Waals surface area contributed by atoms with Crippen LogP contribution in [0.15, 0.2) is 11.2 Å². The third kappa shape index (κ3) is 2.28. The molecule has 0 aliphatic carbocycles. The molecule has 0 atom stereocenters. The fourth-order valence-corrected chi connectivity index (χ4v) is 0.836. The van der Waals surface area contributed by atoms with Crippen LogP contribution in [-0.2, 0) is 0 Å². The lowest BCUT2D eigenvalue weighted by Gasteiger charge is -2.05. The quantitative estimate of drug-likeness (QED) is 0.368. The SMILES string of the molecule is CC(C#N)=NNc1c(F)c(F)cc(F)c1F. The smallest absolute Gasteiger partial charge is 0.186 e. The van der Waals surface area contributed by atoms with Crippen molar-refractivity contribution in [2.45, 2.75) is 6.92 Å². The summed E-state index contributed by atoms with van der Waals surface area (Å²) in [5.74, 6) is -6.31. The highest BCUT2D eigenvalue weighted by Gasteiger charge is 2.18. The van der Waals surface area contributed by atoms with Gasteiger partial charge in [-0.15, -0.1) is 0 Å². The lowest BCUT2D eigenvalue weighted by molar-refractivity contribution is 0.458. The van der Waals surface area contributed by atoms with Crippen LogP contribution in [-0.4, -0.2) is 5.71 Å². The molecule has 1 aromatic carbocycles. The van der Waals surface area contributed by atoms with E-state index in [0.29, 0.717) is 0 Å². The van der Waals surface area contributed by atoms with Crippen LogP contribution >= 0.6 is 0 Å². The Balaban J connectivity index is 3.19. The Kier molecular flexibility index (Phi) is 3.45. The number of nitriles is 1. The van der Waals surface area contributed by atoms with E-state index in [2.05, 4.69) is 5.10 Å². The van der Waals surface area contributed by atoms with Gasteiger partial charge in [-0.25, -0.2) is 17.6 Å². The predicted molar refractivity (Wildman–Crippen MR) is 48.6 cm³/mol. The molecule has 0 unspecified atom stereocenters. The van der Waals surface area contributed by atoms with Crippen LogP contribution in [0.2, 0.25) is 0 Å². The third-order valence-electron chi connectivity index (χ3n) is 1.61. The Hall–Kier alpha value is -2.10. The topological polar surface area (TPSA) is 48.2 Å². The van der Waals surface area contributed by atoms with Crippen molar-refractivity contribution in [3.63, 3.8) is 0 Å². The summed E-state index contributed by atoms with van der Waals surface area (Å²) in [6.45, 7) is 1.25. The minimum absolute atomic E-state index is 0.0801. The summed E-state index contributed by atoms with van der Waals surface area (Å²) in [5.41, 5.74) is 0.523. The van der Waals surface area contributed by atoms with E-state index < -0.39 is 29.0 Å². The Labute approximate surface area is 88.0 Å². The summed E-state index contributed by atoms with van der Waals surface area (Å²) in [6, 6.07) is 1.64. The molecular formula is C9H5F4N3. The van der Waals surface area contributed by atoms with Crippen molar-refractivity contribution in [2.24, 2.45) is 5.10 Å². The molecule has 1 rings (SSSR count). The van der Waals surface area contributed by atoms with Crippen molar-refractivity contribution in [2.75, 3.05) is 5.43 Å². The van der Waals surface area contributed by atoms with Crippen molar-refractivity contribution >= 4 is 11.4 Å². The van der Waals surface area contributed by atoms with Crippen molar-refractivity contribution in [1.29, 1.82) is 5.26 Å². The van der Waals surface area contributed by atoms with Gasteiger partial charge < -0.3 is 0 Å². The van der Waals surface area contributed by atoms with Gasteiger partial charge in [-0.05, 0) is 6.92 Å².